The zero-order chi connectivity index (χ0) is 14.7. The lowest BCUT2D eigenvalue weighted by molar-refractivity contribution is 0.0943. The summed E-state index contributed by atoms with van der Waals surface area (Å²) in [6, 6.07) is 9.22. The van der Waals surface area contributed by atoms with Crippen molar-refractivity contribution in [2.75, 3.05) is 7.11 Å². The predicted molar refractivity (Wildman–Crippen MR) is 82.9 cm³/mol. The van der Waals surface area contributed by atoms with Gasteiger partial charge in [-0.25, -0.2) is 0 Å². The molecule has 2 rings (SSSR count). The van der Waals surface area contributed by atoms with Gasteiger partial charge in [-0.2, -0.15) is 0 Å². The summed E-state index contributed by atoms with van der Waals surface area (Å²) < 4.78 is 5.95. The molecule has 106 valence electrons. The van der Waals surface area contributed by atoms with Gasteiger partial charge < -0.3 is 10.1 Å². The monoisotopic (exact) mass is 309 g/mol. The number of thiophene rings is 1. The first kappa shape index (κ1) is 14.9. The van der Waals surface area contributed by atoms with E-state index in [1.807, 2.05) is 32.0 Å². The lowest BCUT2D eigenvalue weighted by atomic mass is 10.0. The number of carbonyl (C=O) groups is 1. The second kappa shape index (κ2) is 6.29. The van der Waals surface area contributed by atoms with Crippen LogP contribution in [-0.4, -0.2) is 13.0 Å². The molecule has 0 saturated heterocycles. The number of amides is 1. The van der Waals surface area contributed by atoms with Gasteiger partial charge in [-0.05, 0) is 32.0 Å². The summed E-state index contributed by atoms with van der Waals surface area (Å²) in [5.74, 6) is 0.644. The van der Waals surface area contributed by atoms with Crippen molar-refractivity contribution < 1.29 is 9.53 Å². The zero-order valence-corrected chi connectivity index (χ0v) is 13.1. The van der Waals surface area contributed by atoms with E-state index in [2.05, 4.69) is 5.32 Å². The lowest BCUT2D eigenvalue weighted by Gasteiger charge is -2.17. The average molecular weight is 310 g/mol. The molecule has 1 heterocycles. The number of hydrogen-bond acceptors (Lipinski definition) is 3. The van der Waals surface area contributed by atoms with Crippen LogP contribution in [0.5, 0.6) is 5.75 Å². The minimum Gasteiger partial charge on any atom is -0.496 e. The molecular formula is C15H16ClNO2S. The quantitative estimate of drug-likeness (QED) is 0.918. The fourth-order valence-corrected chi connectivity index (χ4v) is 2.92. The third-order valence-electron chi connectivity index (χ3n) is 3.00. The van der Waals surface area contributed by atoms with Crippen LogP contribution in [0.15, 0.2) is 30.3 Å². The smallest absolute Gasteiger partial charge is 0.261 e. The normalized spacial score (nSPS) is 12.0. The fraction of sp³-hybridized carbons (Fsp3) is 0.267. The van der Waals surface area contributed by atoms with Crippen LogP contribution in [0.3, 0.4) is 0 Å². The van der Waals surface area contributed by atoms with Crippen LogP contribution in [-0.2, 0) is 0 Å². The molecule has 5 heteroatoms. The summed E-state index contributed by atoms with van der Waals surface area (Å²) in [5.41, 5.74) is 2.09. The summed E-state index contributed by atoms with van der Waals surface area (Å²) in [6.45, 7) is 3.95. The largest absolute Gasteiger partial charge is 0.496 e. The number of aryl methyl sites for hydroxylation is 1. The molecule has 0 radical (unpaired) electrons. The van der Waals surface area contributed by atoms with E-state index in [1.54, 1.807) is 19.2 Å². The van der Waals surface area contributed by atoms with Gasteiger partial charge in [0.05, 0.1) is 22.4 Å². The molecule has 0 saturated carbocycles. The van der Waals surface area contributed by atoms with E-state index in [9.17, 15) is 4.79 Å². The number of nitrogens with one attached hydrogen (secondary N) is 1. The second-order valence-corrected chi connectivity index (χ2v) is 6.26. The molecule has 1 amide bonds. The Labute approximate surface area is 127 Å². The van der Waals surface area contributed by atoms with Crippen LogP contribution in [0.25, 0.3) is 0 Å². The molecule has 1 aromatic heterocycles. The van der Waals surface area contributed by atoms with E-state index in [1.165, 1.54) is 11.3 Å². The minimum atomic E-state index is -0.141. The Bertz CT molecular complexity index is 624. The number of benzene rings is 1. The van der Waals surface area contributed by atoms with Crippen molar-refractivity contribution in [3.8, 4) is 5.75 Å². The van der Waals surface area contributed by atoms with Gasteiger partial charge in [-0.1, -0.05) is 29.3 Å². The van der Waals surface area contributed by atoms with Crippen molar-refractivity contribution >= 4 is 28.8 Å². The highest BCUT2D eigenvalue weighted by Gasteiger charge is 2.16. The highest BCUT2D eigenvalue weighted by Crippen LogP contribution is 2.27. The minimum absolute atomic E-state index is 0.127. The molecule has 1 aromatic carbocycles. The van der Waals surface area contributed by atoms with Crippen LogP contribution in [0.4, 0.5) is 0 Å². The first-order valence-electron chi connectivity index (χ1n) is 6.22. The summed E-state index contributed by atoms with van der Waals surface area (Å²) in [7, 11) is 1.63. The molecule has 0 aliphatic rings. The first-order chi connectivity index (χ1) is 9.51. The third kappa shape index (κ3) is 3.32. The summed E-state index contributed by atoms with van der Waals surface area (Å²) in [5, 5.41) is 2.96. The molecule has 0 aliphatic carbocycles. The molecule has 0 fully saturated rings. The molecule has 20 heavy (non-hydrogen) atoms. The topological polar surface area (TPSA) is 38.3 Å². The number of rotatable bonds is 4. The van der Waals surface area contributed by atoms with Crippen LogP contribution in [0.1, 0.15) is 33.8 Å². The Morgan fingerprint density at radius 1 is 1.35 bits per heavy atom. The molecule has 0 aliphatic heterocycles. The molecule has 2 aromatic rings. The van der Waals surface area contributed by atoms with Gasteiger partial charge in [0, 0.05) is 5.56 Å². The summed E-state index contributed by atoms with van der Waals surface area (Å²) >= 11 is 7.11. The van der Waals surface area contributed by atoms with Gasteiger partial charge in [0.1, 0.15) is 5.75 Å². The molecule has 0 spiro atoms. The van der Waals surface area contributed by atoms with Crippen LogP contribution < -0.4 is 10.1 Å². The number of carbonyl (C=O) groups excluding carboxylic acids is 1. The second-order valence-electron chi connectivity index (χ2n) is 4.54. The van der Waals surface area contributed by atoms with Crippen molar-refractivity contribution in [3.05, 3.63) is 50.7 Å². The maximum Gasteiger partial charge on any atom is 0.261 e. The maximum atomic E-state index is 12.1. The Morgan fingerprint density at radius 3 is 2.70 bits per heavy atom. The fourth-order valence-electron chi connectivity index (χ4n) is 1.97. The van der Waals surface area contributed by atoms with E-state index < -0.39 is 0 Å². The highest BCUT2D eigenvalue weighted by atomic mass is 35.5. The summed E-state index contributed by atoms with van der Waals surface area (Å²) in [4.78, 5) is 12.7. The van der Waals surface area contributed by atoms with E-state index in [4.69, 9.17) is 16.3 Å². The van der Waals surface area contributed by atoms with Gasteiger partial charge in [-0.3, -0.25) is 4.79 Å². The van der Waals surface area contributed by atoms with E-state index in [0.29, 0.717) is 9.21 Å². The molecule has 1 unspecified atom stereocenters. The van der Waals surface area contributed by atoms with Crippen molar-refractivity contribution in [2.45, 2.75) is 19.9 Å². The molecular weight excluding hydrogens is 294 g/mol. The third-order valence-corrected chi connectivity index (χ3v) is 4.23. The number of methoxy groups -OCH3 is 1. The molecule has 0 bridgehead atoms. The lowest BCUT2D eigenvalue weighted by Crippen LogP contribution is -2.26. The Balaban J connectivity index is 2.17. The number of hydrogen-bond donors (Lipinski definition) is 1. The molecule has 1 atom stereocenters. The van der Waals surface area contributed by atoms with Crippen molar-refractivity contribution in [2.24, 2.45) is 0 Å². The van der Waals surface area contributed by atoms with Crippen LogP contribution in [0, 0.1) is 6.92 Å². The van der Waals surface area contributed by atoms with Gasteiger partial charge in [0.15, 0.2) is 0 Å². The van der Waals surface area contributed by atoms with Crippen LogP contribution in [0.2, 0.25) is 4.34 Å². The highest BCUT2D eigenvalue weighted by molar-refractivity contribution is 7.17. The Hall–Kier alpha value is -1.52. The van der Waals surface area contributed by atoms with E-state index >= 15 is 0 Å². The van der Waals surface area contributed by atoms with Gasteiger partial charge >= 0.3 is 0 Å². The Morgan fingerprint density at radius 2 is 2.10 bits per heavy atom. The van der Waals surface area contributed by atoms with Crippen LogP contribution >= 0.6 is 22.9 Å². The van der Waals surface area contributed by atoms with Crippen molar-refractivity contribution in [1.29, 1.82) is 0 Å². The number of ether oxygens (including phenoxy) is 1. The van der Waals surface area contributed by atoms with E-state index in [0.717, 1.165) is 16.9 Å². The predicted octanol–water partition coefficient (Wildman–Crippen LogP) is 4.21. The maximum absolute atomic E-state index is 12.1. The van der Waals surface area contributed by atoms with E-state index in [-0.39, 0.29) is 11.9 Å². The van der Waals surface area contributed by atoms with Crippen molar-refractivity contribution in [1.82, 2.24) is 5.32 Å². The standard InChI is InChI=1S/C15H16ClNO2S/c1-9-4-5-12(19-3)11(8-9)10(2)17-15(18)13-6-7-14(16)20-13/h4-8,10H,1-3H3,(H,17,18). The molecule has 1 N–H and O–H groups in total. The summed E-state index contributed by atoms with van der Waals surface area (Å²) in [6.07, 6.45) is 0. The Kier molecular flexibility index (Phi) is 4.68. The van der Waals surface area contributed by atoms with Gasteiger partial charge in [-0.15, -0.1) is 11.3 Å². The zero-order valence-electron chi connectivity index (χ0n) is 11.6. The first-order valence-corrected chi connectivity index (χ1v) is 7.41. The van der Waals surface area contributed by atoms with Crippen molar-refractivity contribution in [3.63, 3.8) is 0 Å². The van der Waals surface area contributed by atoms with Gasteiger partial charge in [0.25, 0.3) is 5.91 Å². The molecule has 3 nitrogen and oxygen atoms in total. The average Bonchev–Trinajstić information content (AvgIpc) is 2.85. The van der Waals surface area contributed by atoms with Gasteiger partial charge in [0.2, 0.25) is 0 Å². The number of halogens is 1. The SMILES string of the molecule is COc1ccc(C)cc1C(C)NC(=O)c1ccc(Cl)s1.